The van der Waals surface area contributed by atoms with Crippen molar-refractivity contribution in [3.05, 3.63) is 92.3 Å². The second-order valence-electron chi connectivity index (χ2n) is 8.26. The van der Waals surface area contributed by atoms with Gasteiger partial charge in [0.05, 0.1) is 27.2 Å². The van der Waals surface area contributed by atoms with Crippen LogP contribution >= 0.6 is 27.7 Å². The molecule has 9 heteroatoms. The maximum atomic E-state index is 12.9. The van der Waals surface area contributed by atoms with E-state index in [2.05, 4.69) is 27.0 Å². The van der Waals surface area contributed by atoms with Crippen LogP contribution in [0.15, 0.2) is 75.0 Å². The van der Waals surface area contributed by atoms with Crippen LogP contribution in [0.2, 0.25) is 0 Å². The van der Waals surface area contributed by atoms with Gasteiger partial charge in [0.1, 0.15) is 6.61 Å². The first-order valence-corrected chi connectivity index (χ1v) is 13.1. The van der Waals surface area contributed by atoms with E-state index in [1.807, 2.05) is 44.2 Å². The Morgan fingerprint density at radius 2 is 1.89 bits per heavy atom. The molecule has 1 aliphatic heterocycles. The number of amidine groups is 1. The lowest BCUT2D eigenvalue weighted by Crippen LogP contribution is -2.23. The topological polar surface area (TPSA) is 88.4 Å². The predicted molar refractivity (Wildman–Crippen MR) is 150 cm³/mol. The van der Waals surface area contributed by atoms with Crippen LogP contribution < -0.4 is 9.47 Å². The van der Waals surface area contributed by atoms with Crippen LogP contribution in [0, 0.1) is 6.92 Å². The van der Waals surface area contributed by atoms with Crippen LogP contribution in [0.25, 0.3) is 6.08 Å². The number of carboxylic acids is 1. The van der Waals surface area contributed by atoms with Gasteiger partial charge in [-0.1, -0.05) is 29.8 Å². The number of nitrogens with zero attached hydrogens (tertiary/aromatic N) is 2. The first-order chi connectivity index (χ1) is 17.7. The number of likely N-dealkylation sites (N-methyl/N-ethyl adjacent to an activating group) is 1. The number of rotatable bonds is 8. The van der Waals surface area contributed by atoms with Gasteiger partial charge in [0.15, 0.2) is 16.7 Å². The Labute approximate surface area is 227 Å². The van der Waals surface area contributed by atoms with Crippen molar-refractivity contribution in [3.8, 4) is 11.5 Å². The van der Waals surface area contributed by atoms with Gasteiger partial charge in [-0.15, -0.1) is 0 Å². The smallest absolute Gasteiger partial charge is 0.335 e. The summed E-state index contributed by atoms with van der Waals surface area (Å²) in [4.78, 5) is 30.5. The highest BCUT2D eigenvalue weighted by atomic mass is 79.9. The van der Waals surface area contributed by atoms with Crippen LogP contribution in [-0.4, -0.2) is 40.7 Å². The van der Waals surface area contributed by atoms with Gasteiger partial charge in [0.25, 0.3) is 5.91 Å². The summed E-state index contributed by atoms with van der Waals surface area (Å²) >= 11 is 4.85. The third-order valence-electron chi connectivity index (χ3n) is 5.44. The number of benzene rings is 3. The number of carbonyl (C=O) groups is 2. The SMILES string of the molecule is CCOc1cc(/C=C2\SC(=Nc3ccc(C(=O)O)cc3)N(C)C2=O)cc(Br)c1OCc1cccc(C)c1. The van der Waals surface area contributed by atoms with Crippen molar-refractivity contribution in [2.24, 2.45) is 4.99 Å². The van der Waals surface area contributed by atoms with Crippen LogP contribution in [-0.2, 0) is 11.4 Å². The lowest BCUT2D eigenvalue weighted by atomic mass is 10.1. The summed E-state index contributed by atoms with van der Waals surface area (Å²) in [6, 6.07) is 18.0. The number of carbonyl (C=O) groups excluding carboxylic acids is 1. The van der Waals surface area contributed by atoms with E-state index in [-0.39, 0.29) is 11.5 Å². The summed E-state index contributed by atoms with van der Waals surface area (Å²) in [5.41, 5.74) is 3.73. The molecule has 0 aliphatic carbocycles. The minimum absolute atomic E-state index is 0.176. The minimum atomic E-state index is -1.00. The van der Waals surface area contributed by atoms with E-state index >= 15 is 0 Å². The largest absolute Gasteiger partial charge is 0.490 e. The van der Waals surface area contributed by atoms with Crippen molar-refractivity contribution in [1.29, 1.82) is 0 Å². The first-order valence-electron chi connectivity index (χ1n) is 11.5. The molecule has 7 nitrogen and oxygen atoms in total. The number of carboxylic acid groups (broad SMARTS) is 1. The summed E-state index contributed by atoms with van der Waals surface area (Å²) in [6.07, 6.45) is 1.79. The molecular formula is C28H25BrN2O5S. The molecule has 190 valence electrons. The molecule has 0 bridgehead atoms. The summed E-state index contributed by atoms with van der Waals surface area (Å²) in [7, 11) is 1.66. The molecule has 1 N–H and O–H groups in total. The zero-order chi connectivity index (χ0) is 26.5. The van der Waals surface area contributed by atoms with Crippen LogP contribution in [0.5, 0.6) is 11.5 Å². The van der Waals surface area contributed by atoms with Gasteiger partial charge in [0.2, 0.25) is 0 Å². The Balaban J connectivity index is 1.57. The van der Waals surface area contributed by atoms with Gasteiger partial charge >= 0.3 is 5.97 Å². The molecule has 4 rings (SSSR count). The Hall–Kier alpha value is -3.56. The Morgan fingerprint density at radius 1 is 1.14 bits per heavy atom. The van der Waals surface area contributed by atoms with Crippen LogP contribution in [0.1, 0.15) is 34.0 Å². The standard InChI is InChI=1S/C28H25BrN2O5S/c1-4-35-23-14-19(13-22(29)25(23)36-16-18-7-5-6-17(2)12-18)15-24-26(32)31(3)28(37-24)30-21-10-8-20(9-11-21)27(33)34/h5-15H,4,16H2,1-3H3,(H,33,34)/b24-15-,30-28?. The maximum absolute atomic E-state index is 12.9. The molecule has 1 saturated heterocycles. The lowest BCUT2D eigenvalue weighted by molar-refractivity contribution is -0.121. The average Bonchev–Trinajstić information content (AvgIpc) is 3.11. The number of ether oxygens (including phenoxy) is 2. The number of aryl methyl sites for hydroxylation is 1. The number of aliphatic imine (C=N–C) groups is 1. The molecule has 3 aromatic rings. The zero-order valence-corrected chi connectivity index (χ0v) is 22.9. The highest BCUT2D eigenvalue weighted by molar-refractivity contribution is 9.10. The molecule has 3 aromatic carbocycles. The second kappa shape index (κ2) is 11.7. The Morgan fingerprint density at radius 3 is 2.57 bits per heavy atom. The molecule has 0 aromatic heterocycles. The molecule has 0 spiro atoms. The van der Waals surface area contributed by atoms with E-state index < -0.39 is 5.97 Å². The highest BCUT2D eigenvalue weighted by Gasteiger charge is 2.30. The van der Waals surface area contributed by atoms with E-state index in [0.29, 0.717) is 44.9 Å². The second-order valence-corrected chi connectivity index (χ2v) is 10.1. The van der Waals surface area contributed by atoms with Gasteiger partial charge in [-0.05, 0) is 95.1 Å². The summed E-state index contributed by atoms with van der Waals surface area (Å²) in [5.74, 6) is -0.0106. The molecule has 0 unspecified atom stereocenters. The van der Waals surface area contributed by atoms with Gasteiger partial charge in [-0.2, -0.15) is 0 Å². The molecule has 0 saturated carbocycles. The fraction of sp³-hybridized carbons (Fsp3) is 0.179. The van der Waals surface area contributed by atoms with E-state index in [1.54, 1.807) is 25.3 Å². The molecule has 37 heavy (non-hydrogen) atoms. The van der Waals surface area contributed by atoms with Gasteiger partial charge < -0.3 is 14.6 Å². The lowest BCUT2D eigenvalue weighted by Gasteiger charge is -2.15. The molecule has 1 amide bonds. The fourth-order valence-corrected chi connectivity index (χ4v) is 5.18. The maximum Gasteiger partial charge on any atom is 0.335 e. The number of hydrogen-bond donors (Lipinski definition) is 1. The van der Waals surface area contributed by atoms with Crippen molar-refractivity contribution < 1.29 is 24.2 Å². The van der Waals surface area contributed by atoms with Gasteiger partial charge in [-0.25, -0.2) is 9.79 Å². The predicted octanol–water partition coefficient (Wildman–Crippen LogP) is 6.67. The van der Waals surface area contributed by atoms with Crippen molar-refractivity contribution in [1.82, 2.24) is 4.90 Å². The van der Waals surface area contributed by atoms with Crippen molar-refractivity contribution in [2.75, 3.05) is 13.7 Å². The third kappa shape index (κ3) is 6.42. The molecule has 0 radical (unpaired) electrons. The molecular weight excluding hydrogens is 556 g/mol. The first kappa shape index (κ1) is 26.5. The normalized spacial score (nSPS) is 15.5. The summed E-state index contributed by atoms with van der Waals surface area (Å²) < 4.78 is 12.7. The van der Waals surface area contributed by atoms with Gasteiger partial charge in [-0.3, -0.25) is 9.69 Å². The van der Waals surface area contributed by atoms with Crippen LogP contribution in [0.4, 0.5) is 5.69 Å². The quantitative estimate of drug-likeness (QED) is 0.299. The van der Waals surface area contributed by atoms with Crippen molar-refractivity contribution in [2.45, 2.75) is 20.5 Å². The van der Waals surface area contributed by atoms with Crippen LogP contribution in [0.3, 0.4) is 0 Å². The molecule has 1 fully saturated rings. The summed E-state index contributed by atoms with van der Waals surface area (Å²) in [6.45, 7) is 4.80. The van der Waals surface area contributed by atoms with E-state index in [0.717, 1.165) is 16.7 Å². The number of amides is 1. The molecule has 1 heterocycles. The van der Waals surface area contributed by atoms with Crippen molar-refractivity contribution >= 4 is 56.5 Å². The van der Waals surface area contributed by atoms with Crippen molar-refractivity contribution in [3.63, 3.8) is 0 Å². The monoisotopic (exact) mass is 580 g/mol. The summed E-state index contributed by atoms with van der Waals surface area (Å²) in [5, 5.41) is 9.57. The highest BCUT2D eigenvalue weighted by Crippen LogP contribution is 2.40. The van der Waals surface area contributed by atoms with E-state index in [9.17, 15) is 9.59 Å². The fourth-order valence-electron chi connectivity index (χ4n) is 3.62. The van der Waals surface area contributed by atoms with E-state index in [4.69, 9.17) is 14.6 Å². The average molecular weight is 581 g/mol. The number of thioether (sulfide) groups is 1. The molecule has 0 atom stereocenters. The Kier molecular flexibility index (Phi) is 8.35. The number of aromatic carboxylic acids is 1. The molecule has 1 aliphatic rings. The minimum Gasteiger partial charge on any atom is -0.490 e. The zero-order valence-electron chi connectivity index (χ0n) is 20.5. The third-order valence-corrected chi connectivity index (χ3v) is 7.09. The Bertz CT molecular complexity index is 1400. The number of halogens is 1. The number of hydrogen-bond acceptors (Lipinski definition) is 6. The van der Waals surface area contributed by atoms with Gasteiger partial charge in [0, 0.05) is 7.05 Å². The van der Waals surface area contributed by atoms with E-state index in [1.165, 1.54) is 28.8 Å².